The maximum Gasteiger partial charge on any atom is 0.335 e. The number of esters is 2. The van der Waals surface area contributed by atoms with E-state index in [0.29, 0.717) is 5.57 Å². The summed E-state index contributed by atoms with van der Waals surface area (Å²) < 4.78 is 9.94. The van der Waals surface area contributed by atoms with Crippen molar-refractivity contribution in [2.45, 2.75) is 20.8 Å². The molecule has 0 heterocycles. The van der Waals surface area contributed by atoms with E-state index in [1.54, 1.807) is 32.1 Å². The Balaban J connectivity index is 3.03. The summed E-state index contributed by atoms with van der Waals surface area (Å²) in [7, 11) is 0. The summed E-state index contributed by atoms with van der Waals surface area (Å²) in [4.78, 5) is 23.7. The van der Waals surface area contributed by atoms with Gasteiger partial charge in [-0.25, -0.2) is 4.79 Å². The number of carbonyl (C=O) groups is 2. The summed E-state index contributed by atoms with van der Waals surface area (Å²) in [5, 5.41) is 0. The lowest BCUT2D eigenvalue weighted by Crippen LogP contribution is -2.23. The molecular formula is C14H18O4. The van der Waals surface area contributed by atoms with Crippen LogP contribution in [0.1, 0.15) is 20.8 Å². The first-order valence-corrected chi connectivity index (χ1v) is 6.00. The maximum atomic E-state index is 11.9. The van der Waals surface area contributed by atoms with Crippen molar-refractivity contribution in [1.29, 1.82) is 0 Å². The van der Waals surface area contributed by atoms with Gasteiger partial charge in [-0.05, 0) is 26.8 Å². The highest BCUT2D eigenvalue weighted by atomic mass is 16.5. The van der Waals surface area contributed by atoms with Crippen molar-refractivity contribution in [3.63, 3.8) is 0 Å². The summed E-state index contributed by atoms with van der Waals surface area (Å²) in [6.45, 7) is 5.88. The number of rotatable bonds is 4. The zero-order valence-corrected chi connectivity index (χ0v) is 10.9. The van der Waals surface area contributed by atoms with Gasteiger partial charge in [-0.2, -0.15) is 0 Å². The van der Waals surface area contributed by atoms with Crippen LogP contribution in [0.25, 0.3) is 0 Å². The van der Waals surface area contributed by atoms with Gasteiger partial charge in [-0.15, -0.1) is 0 Å². The van der Waals surface area contributed by atoms with Crippen LogP contribution in [0.5, 0.6) is 0 Å². The molecule has 0 bridgehead atoms. The highest BCUT2D eigenvalue weighted by Crippen LogP contribution is 2.21. The number of ether oxygens (including phenoxy) is 2. The van der Waals surface area contributed by atoms with Crippen molar-refractivity contribution < 1.29 is 19.1 Å². The van der Waals surface area contributed by atoms with E-state index < -0.39 is 17.9 Å². The standard InChI is InChI=1S/C14H18O4/c1-4-17-13(15)11-8-6-7-10(3)9-12(11)14(16)18-5-2/h6-9,11H,4-5H2,1-3H3. The molecule has 0 spiro atoms. The smallest absolute Gasteiger partial charge is 0.335 e. The van der Waals surface area contributed by atoms with E-state index in [1.165, 1.54) is 0 Å². The Labute approximate surface area is 107 Å². The Bertz CT molecular complexity index is 416. The largest absolute Gasteiger partial charge is 0.465 e. The zero-order valence-electron chi connectivity index (χ0n) is 10.9. The summed E-state index contributed by atoms with van der Waals surface area (Å²) in [6.07, 6.45) is 6.90. The first-order valence-electron chi connectivity index (χ1n) is 6.00. The van der Waals surface area contributed by atoms with Gasteiger partial charge in [-0.3, -0.25) is 4.79 Å². The summed E-state index contributed by atoms with van der Waals surface area (Å²) in [5.41, 5.74) is 1.21. The number of allylic oxidation sites excluding steroid dienone is 4. The van der Waals surface area contributed by atoms with E-state index in [0.717, 1.165) is 5.57 Å². The fraction of sp³-hybridized carbons (Fsp3) is 0.429. The number of carbonyl (C=O) groups excluding carboxylic acids is 2. The summed E-state index contributed by atoms with van der Waals surface area (Å²) >= 11 is 0. The van der Waals surface area contributed by atoms with Gasteiger partial charge in [0.05, 0.1) is 18.8 Å². The van der Waals surface area contributed by atoms with E-state index in [1.807, 2.05) is 13.0 Å². The van der Waals surface area contributed by atoms with Crippen LogP contribution in [-0.2, 0) is 19.1 Å². The highest BCUT2D eigenvalue weighted by molar-refractivity contribution is 5.97. The van der Waals surface area contributed by atoms with Gasteiger partial charge in [-0.1, -0.05) is 23.8 Å². The van der Waals surface area contributed by atoms with E-state index in [-0.39, 0.29) is 13.2 Å². The van der Waals surface area contributed by atoms with Gasteiger partial charge in [0.2, 0.25) is 0 Å². The third-order valence-electron chi connectivity index (χ3n) is 2.43. The Morgan fingerprint density at radius 2 is 1.89 bits per heavy atom. The second kappa shape index (κ2) is 6.79. The molecule has 0 aliphatic heterocycles. The number of hydrogen-bond acceptors (Lipinski definition) is 4. The van der Waals surface area contributed by atoms with Gasteiger partial charge in [0.1, 0.15) is 5.92 Å². The van der Waals surface area contributed by atoms with Crippen LogP contribution >= 0.6 is 0 Å². The molecule has 0 amide bonds. The van der Waals surface area contributed by atoms with Crippen LogP contribution in [0.15, 0.2) is 35.5 Å². The van der Waals surface area contributed by atoms with E-state index >= 15 is 0 Å². The minimum atomic E-state index is -0.697. The van der Waals surface area contributed by atoms with E-state index in [2.05, 4.69) is 0 Å². The lowest BCUT2D eigenvalue weighted by Gasteiger charge is -2.14. The fourth-order valence-corrected chi connectivity index (χ4v) is 1.64. The van der Waals surface area contributed by atoms with Crippen molar-refractivity contribution in [3.8, 4) is 0 Å². The number of hydrogen-bond donors (Lipinski definition) is 0. The molecule has 1 atom stereocenters. The van der Waals surface area contributed by atoms with Crippen LogP contribution < -0.4 is 0 Å². The fourth-order valence-electron chi connectivity index (χ4n) is 1.64. The predicted octanol–water partition coefficient (Wildman–Crippen LogP) is 2.17. The molecule has 1 aliphatic rings. The Hall–Kier alpha value is -1.84. The molecule has 0 saturated carbocycles. The molecule has 0 fully saturated rings. The molecule has 0 N–H and O–H groups in total. The lowest BCUT2D eigenvalue weighted by molar-refractivity contribution is -0.148. The van der Waals surface area contributed by atoms with Gasteiger partial charge >= 0.3 is 11.9 Å². The van der Waals surface area contributed by atoms with Crippen molar-refractivity contribution in [2.75, 3.05) is 13.2 Å². The summed E-state index contributed by atoms with van der Waals surface area (Å²) in [5.74, 6) is -1.61. The minimum Gasteiger partial charge on any atom is -0.465 e. The van der Waals surface area contributed by atoms with Gasteiger partial charge in [0.25, 0.3) is 0 Å². The van der Waals surface area contributed by atoms with Gasteiger partial charge < -0.3 is 9.47 Å². The van der Waals surface area contributed by atoms with E-state index in [4.69, 9.17) is 9.47 Å². The van der Waals surface area contributed by atoms with Crippen LogP contribution in [0.4, 0.5) is 0 Å². The van der Waals surface area contributed by atoms with Crippen LogP contribution in [0.2, 0.25) is 0 Å². The molecule has 0 aromatic carbocycles. The SMILES string of the molecule is CCOC(=O)C1=CC(C)=CC=CC1C(=O)OCC. The minimum absolute atomic E-state index is 0.276. The zero-order chi connectivity index (χ0) is 13.5. The second-order valence-corrected chi connectivity index (χ2v) is 3.85. The Kier molecular flexibility index (Phi) is 5.36. The molecule has 0 saturated heterocycles. The van der Waals surface area contributed by atoms with Crippen molar-refractivity contribution in [3.05, 3.63) is 35.5 Å². The maximum absolute atomic E-state index is 11.9. The first kappa shape index (κ1) is 14.2. The van der Waals surface area contributed by atoms with Gasteiger partial charge in [0, 0.05) is 0 Å². The van der Waals surface area contributed by atoms with Crippen molar-refractivity contribution in [1.82, 2.24) is 0 Å². The topological polar surface area (TPSA) is 52.6 Å². The molecule has 18 heavy (non-hydrogen) atoms. The lowest BCUT2D eigenvalue weighted by atomic mass is 9.98. The van der Waals surface area contributed by atoms with Crippen molar-refractivity contribution in [2.24, 2.45) is 5.92 Å². The average Bonchev–Trinajstić information content (AvgIpc) is 2.51. The molecule has 1 aliphatic carbocycles. The Morgan fingerprint density at radius 3 is 2.50 bits per heavy atom. The molecule has 0 radical (unpaired) electrons. The highest BCUT2D eigenvalue weighted by Gasteiger charge is 2.28. The normalized spacial score (nSPS) is 18.5. The third kappa shape index (κ3) is 3.58. The van der Waals surface area contributed by atoms with Crippen LogP contribution in [0.3, 0.4) is 0 Å². The molecule has 1 rings (SSSR count). The predicted molar refractivity (Wildman–Crippen MR) is 67.7 cm³/mol. The summed E-state index contributed by atoms with van der Waals surface area (Å²) in [6, 6.07) is 0. The molecule has 1 unspecified atom stereocenters. The second-order valence-electron chi connectivity index (χ2n) is 3.85. The monoisotopic (exact) mass is 250 g/mol. The molecule has 4 heteroatoms. The van der Waals surface area contributed by atoms with Crippen molar-refractivity contribution >= 4 is 11.9 Å². The van der Waals surface area contributed by atoms with Crippen LogP contribution in [0, 0.1) is 5.92 Å². The van der Waals surface area contributed by atoms with Gasteiger partial charge in [0.15, 0.2) is 0 Å². The average molecular weight is 250 g/mol. The van der Waals surface area contributed by atoms with E-state index in [9.17, 15) is 9.59 Å². The third-order valence-corrected chi connectivity index (χ3v) is 2.43. The molecule has 0 aromatic rings. The first-order chi connectivity index (χ1) is 8.60. The molecule has 4 nitrogen and oxygen atoms in total. The van der Waals surface area contributed by atoms with Crippen LogP contribution in [-0.4, -0.2) is 25.2 Å². The molecule has 98 valence electrons. The quantitative estimate of drug-likeness (QED) is 0.717. The molecular weight excluding hydrogens is 232 g/mol. The Morgan fingerprint density at radius 1 is 1.22 bits per heavy atom. The molecule has 0 aromatic heterocycles.